The molecule has 0 aliphatic heterocycles. The van der Waals surface area contributed by atoms with Gasteiger partial charge in [0.1, 0.15) is 12.4 Å². The van der Waals surface area contributed by atoms with Crippen molar-refractivity contribution < 1.29 is 22.3 Å². The molecule has 94 valence electrons. The van der Waals surface area contributed by atoms with Crippen molar-refractivity contribution >= 4 is 21.7 Å². The van der Waals surface area contributed by atoms with E-state index < -0.39 is 28.4 Å². The van der Waals surface area contributed by atoms with Crippen molar-refractivity contribution in [3.8, 4) is 0 Å². The van der Waals surface area contributed by atoms with Crippen molar-refractivity contribution in [2.45, 2.75) is 4.90 Å². The first-order valence-electron chi connectivity index (χ1n) is 4.48. The molecule has 0 atom stereocenters. The number of rotatable bonds is 4. The summed E-state index contributed by atoms with van der Waals surface area (Å²) in [5, 5.41) is 0. The summed E-state index contributed by atoms with van der Waals surface area (Å²) in [5.74, 6) is -1.59. The van der Waals surface area contributed by atoms with E-state index in [9.17, 15) is 17.6 Å². The van der Waals surface area contributed by atoms with Crippen molar-refractivity contribution in [3.63, 3.8) is 0 Å². The number of carbonyl (C=O) groups excluding carboxylic acids is 1. The van der Waals surface area contributed by atoms with Crippen molar-refractivity contribution in [2.75, 3.05) is 19.4 Å². The van der Waals surface area contributed by atoms with Crippen LogP contribution in [-0.2, 0) is 19.6 Å². The molecule has 0 saturated carbocycles. The average Bonchev–Trinajstić information content (AvgIpc) is 2.29. The molecule has 1 rings (SSSR count). The maximum Gasteiger partial charge on any atom is 0.320 e. The van der Waals surface area contributed by atoms with Gasteiger partial charge in [0, 0.05) is 0 Å². The van der Waals surface area contributed by atoms with Crippen LogP contribution >= 0.6 is 0 Å². The Kier molecular flexibility index (Phi) is 4.02. The van der Waals surface area contributed by atoms with E-state index in [4.69, 9.17) is 5.73 Å². The summed E-state index contributed by atoms with van der Waals surface area (Å²) in [6.07, 6.45) is 0. The topological polar surface area (TPSA) is 98.5 Å². The van der Waals surface area contributed by atoms with E-state index >= 15 is 0 Å². The smallest absolute Gasteiger partial charge is 0.320 e. The Morgan fingerprint density at radius 1 is 1.53 bits per heavy atom. The molecule has 1 aromatic carbocycles. The molecule has 17 heavy (non-hydrogen) atoms. The number of hydrogen-bond donors (Lipinski definition) is 2. The van der Waals surface area contributed by atoms with E-state index in [1.54, 1.807) is 0 Å². The summed E-state index contributed by atoms with van der Waals surface area (Å²) in [6, 6.07) is 3.04. The Morgan fingerprint density at radius 2 is 2.18 bits per heavy atom. The van der Waals surface area contributed by atoms with Gasteiger partial charge in [-0.25, -0.2) is 12.8 Å². The van der Waals surface area contributed by atoms with Crippen LogP contribution in [0.4, 0.5) is 10.1 Å². The molecule has 0 radical (unpaired) electrons. The second-order valence-electron chi connectivity index (χ2n) is 3.08. The lowest BCUT2D eigenvalue weighted by molar-refractivity contribution is -0.139. The van der Waals surface area contributed by atoms with Gasteiger partial charge in [-0.1, -0.05) is 0 Å². The SMILES string of the molecule is COC(=O)CNS(=O)(=O)c1ccc(N)c(F)c1. The summed E-state index contributed by atoms with van der Waals surface area (Å²) in [7, 11) is -2.83. The zero-order valence-electron chi connectivity index (χ0n) is 8.94. The number of carbonyl (C=O) groups is 1. The summed E-state index contributed by atoms with van der Waals surface area (Å²) in [6.45, 7) is -0.523. The first kappa shape index (κ1) is 13.4. The van der Waals surface area contributed by atoms with Crippen molar-refractivity contribution in [2.24, 2.45) is 0 Å². The second kappa shape index (κ2) is 5.11. The Labute approximate surface area is 97.6 Å². The van der Waals surface area contributed by atoms with E-state index in [0.29, 0.717) is 0 Å². The molecule has 0 fully saturated rings. The quantitative estimate of drug-likeness (QED) is 0.581. The first-order valence-corrected chi connectivity index (χ1v) is 5.96. The lowest BCUT2D eigenvalue weighted by Gasteiger charge is -2.06. The van der Waals surface area contributed by atoms with Gasteiger partial charge in [0.2, 0.25) is 10.0 Å². The Balaban J connectivity index is 2.90. The van der Waals surface area contributed by atoms with Gasteiger partial charge in [-0.3, -0.25) is 4.79 Å². The van der Waals surface area contributed by atoms with Crippen molar-refractivity contribution in [1.29, 1.82) is 0 Å². The number of sulfonamides is 1. The van der Waals surface area contributed by atoms with Crippen LogP contribution in [0.5, 0.6) is 0 Å². The fourth-order valence-corrected chi connectivity index (χ4v) is 1.96. The summed E-state index contributed by atoms with van der Waals surface area (Å²) in [4.78, 5) is 10.5. The van der Waals surface area contributed by atoms with E-state index in [2.05, 4.69) is 4.74 Å². The molecule has 0 spiro atoms. The molecule has 0 amide bonds. The highest BCUT2D eigenvalue weighted by Crippen LogP contribution is 2.15. The van der Waals surface area contributed by atoms with Gasteiger partial charge in [-0.2, -0.15) is 4.72 Å². The van der Waals surface area contributed by atoms with Gasteiger partial charge in [-0.05, 0) is 18.2 Å². The standard InChI is InChI=1S/C9H11FN2O4S/c1-16-9(13)5-12-17(14,15)6-2-3-8(11)7(10)4-6/h2-4,12H,5,11H2,1H3. The van der Waals surface area contributed by atoms with Crippen molar-refractivity contribution in [1.82, 2.24) is 4.72 Å². The average molecular weight is 262 g/mol. The zero-order chi connectivity index (χ0) is 13.1. The highest BCUT2D eigenvalue weighted by atomic mass is 32.2. The van der Waals surface area contributed by atoms with E-state index in [0.717, 1.165) is 25.3 Å². The molecular formula is C9H11FN2O4S. The number of anilines is 1. The first-order chi connectivity index (χ1) is 7.86. The number of methoxy groups -OCH3 is 1. The highest BCUT2D eigenvalue weighted by Gasteiger charge is 2.17. The molecular weight excluding hydrogens is 251 g/mol. The molecule has 0 unspecified atom stereocenters. The number of nitrogens with two attached hydrogens (primary N) is 1. The van der Waals surface area contributed by atoms with Crippen LogP contribution in [0.1, 0.15) is 0 Å². The van der Waals surface area contributed by atoms with E-state index in [1.165, 1.54) is 0 Å². The number of benzene rings is 1. The van der Waals surface area contributed by atoms with Crippen LogP contribution in [-0.4, -0.2) is 28.0 Å². The van der Waals surface area contributed by atoms with Gasteiger partial charge in [0.15, 0.2) is 0 Å². The second-order valence-corrected chi connectivity index (χ2v) is 4.85. The molecule has 3 N–H and O–H groups in total. The zero-order valence-corrected chi connectivity index (χ0v) is 9.75. The Hall–Kier alpha value is -1.67. The minimum atomic E-state index is -3.95. The minimum Gasteiger partial charge on any atom is -0.468 e. The molecule has 0 aromatic heterocycles. The van der Waals surface area contributed by atoms with Gasteiger partial charge >= 0.3 is 5.97 Å². The lowest BCUT2D eigenvalue weighted by atomic mass is 10.3. The van der Waals surface area contributed by atoms with E-state index in [-0.39, 0.29) is 10.6 Å². The summed E-state index contributed by atoms with van der Waals surface area (Å²) >= 11 is 0. The number of nitrogens with one attached hydrogen (secondary N) is 1. The summed E-state index contributed by atoms with van der Waals surface area (Å²) < 4.78 is 42.5. The third-order valence-electron chi connectivity index (χ3n) is 1.92. The van der Waals surface area contributed by atoms with Crippen LogP contribution in [0.2, 0.25) is 0 Å². The predicted molar refractivity (Wildman–Crippen MR) is 58.0 cm³/mol. The van der Waals surface area contributed by atoms with Crippen LogP contribution < -0.4 is 10.5 Å². The normalized spacial score (nSPS) is 11.2. The fraction of sp³-hybridized carbons (Fsp3) is 0.222. The number of hydrogen-bond acceptors (Lipinski definition) is 5. The molecule has 8 heteroatoms. The number of ether oxygens (including phenoxy) is 1. The van der Waals surface area contributed by atoms with Gasteiger partial charge in [-0.15, -0.1) is 0 Å². The molecule has 0 heterocycles. The number of esters is 1. The monoisotopic (exact) mass is 262 g/mol. The molecule has 6 nitrogen and oxygen atoms in total. The van der Waals surface area contributed by atoms with Crippen LogP contribution in [0.3, 0.4) is 0 Å². The van der Waals surface area contributed by atoms with Gasteiger partial charge < -0.3 is 10.5 Å². The van der Waals surface area contributed by atoms with Crippen LogP contribution in [0, 0.1) is 5.82 Å². The molecule has 0 aliphatic rings. The minimum absolute atomic E-state index is 0.156. The third kappa shape index (κ3) is 3.40. The summed E-state index contributed by atoms with van der Waals surface area (Å²) in [5.41, 5.74) is 5.06. The number of halogens is 1. The largest absolute Gasteiger partial charge is 0.468 e. The maximum atomic E-state index is 13.1. The van der Waals surface area contributed by atoms with Crippen molar-refractivity contribution in [3.05, 3.63) is 24.0 Å². The van der Waals surface area contributed by atoms with Crippen LogP contribution in [0.15, 0.2) is 23.1 Å². The number of nitrogen functional groups attached to an aromatic ring is 1. The molecule has 0 aliphatic carbocycles. The molecule has 0 saturated heterocycles. The van der Waals surface area contributed by atoms with Gasteiger partial charge in [0.05, 0.1) is 17.7 Å². The van der Waals surface area contributed by atoms with E-state index in [1.807, 2.05) is 4.72 Å². The van der Waals surface area contributed by atoms with Crippen LogP contribution in [0.25, 0.3) is 0 Å². The fourth-order valence-electron chi connectivity index (χ4n) is 0.984. The van der Waals surface area contributed by atoms with Gasteiger partial charge in [0.25, 0.3) is 0 Å². The third-order valence-corrected chi connectivity index (χ3v) is 3.32. The highest BCUT2D eigenvalue weighted by molar-refractivity contribution is 7.89. The maximum absolute atomic E-state index is 13.1. The Morgan fingerprint density at radius 3 is 2.71 bits per heavy atom. The molecule has 0 bridgehead atoms. The predicted octanol–water partition coefficient (Wildman–Crippen LogP) is -0.141. The molecule has 1 aromatic rings. The Bertz CT molecular complexity index is 530. The lowest BCUT2D eigenvalue weighted by Crippen LogP contribution is -2.30.